The molecule has 0 aromatic carbocycles. The maximum Gasteiger partial charge on any atom is 0.0766 e. The van der Waals surface area contributed by atoms with Crippen molar-refractivity contribution in [2.24, 2.45) is 0 Å². The van der Waals surface area contributed by atoms with Crippen LogP contribution in [0.25, 0.3) is 0 Å². The van der Waals surface area contributed by atoms with E-state index < -0.39 is 5.60 Å². The van der Waals surface area contributed by atoms with Crippen LogP contribution < -0.4 is 5.32 Å². The second-order valence-electron chi connectivity index (χ2n) is 3.20. The molecule has 2 heteroatoms. The fourth-order valence-electron chi connectivity index (χ4n) is 0.902. The summed E-state index contributed by atoms with van der Waals surface area (Å²) in [5.74, 6) is 2.56. The molecule has 70 valence electrons. The second-order valence-corrected chi connectivity index (χ2v) is 3.20. The van der Waals surface area contributed by atoms with Crippen LogP contribution >= 0.6 is 0 Å². The topological polar surface area (TPSA) is 32.3 Å². The van der Waals surface area contributed by atoms with E-state index in [1.807, 2.05) is 20.8 Å². The summed E-state index contributed by atoms with van der Waals surface area (Å²) >= 11 is 0. The van der Waals surface area contributed by atoms with Gasteiger partial charge in [0.1, 0.15) is 0 Å². The zero-order valence-electron chi connectivity index (χ0n) is 8.22. The van der Waals surface area contributed by atoms with Crippen LogP contribution in [-0.4, -0.2) is 23.3 Å². The number of aliphatic hydroxyl groups is 1. The van der Waals surface area contributed by atoms with Crippen molar-refractivity contribution in [3.63, 3.8) is 0 Å². The van der Waals surface area contributed by atoms with Crippen molar-refractivity contribution in [2.45, 2.75) is 45.3 Å². The first-order valence-corrected chi connectivity index (χ1v) is 4.50. The summed E-state index contributed by atoms with van der Waals surface area (Å²) in [6, 6.07) is 0.0367. The van der Waals surface area contributed by atoms with Gasteiger partial charge in [0.25, 0.3) is 0 Å². The number of terminal acetylenes is 1. The largest absolute Gasteiger partial charge is 0.389 e. The van der Waals surface area contributed by atoms with E-state index in [4.69, 9.17) is 6.42 Å². The van der Waals surface area contributed by atoms with E-state index in [1.165, 1.54) is 0 Å². The van der Waals surface area contributed by atoms with Crippen molar-refractivity contribution >= 4 is 0 Å². The molecule has 0 radical (unpaired) electrons. The van der Waals surface area contributed by atoms with Gasteiger partial charge in [-0.15, -0.1) is 6.42 Å². The molecule has 0 amide bonds. The minimum atomic E-state index is -0.592. The van der Waals surface area contributed by atoms with Crippen molar-refractivity contribution in [1.29, 1.82) is 0 Å². The van der Waals surface area contributed by atoms with Crippen LogP contribution in [0.4, 0.5) is 0 Å². The highest BCUT2D eigenvalue weighted by Crippen LogP contribution is 2.12. The number of nitrogens with one attached hydrogen (secondary N) is 1. The van der Waals surface area contributed by atoms with E-state index in [2.05, 4.69) is 11.2 Å². The van der Waals surface area contributed by atoms with Crippen molar-refractivity contribution in [2.75, 3.05) is 6.54 Å². The van der Waals surface area contributed by atoms with E-state index in [9.17, 15) is 5.11 Å². The van der Waals surface area contributed by atoms with Crippen molar-refractivity contribution < 1.29 is 5.11 Å². The highest BCUT2D eigenvalue weighted by atomic mass is 16.3. The van der Waals surface area contributed by atoms with Crippen molar-refractivity contribution in [3.05, 3.63) is 0 Å². The molecule has 0 rings (SSSR count). The molecule has 0 saturated heterocycles. The lowest BCUT2D eigenvalue weighted by atomic mass is 9.97. The third-order valence-corrected chi connectivity index (χ3v) is 2.30. The maximum atomic E-state index is 9.84. The summed E-state index contributed by atoms with van der Waals surface area (Å²) in [6.07, 6.45) is 6.71. The molecule has 0 spiro atoms. The highest BCUT2D eigenvalue weighted by molar-refractivity contribution is 4.96. The van der Waals surface area contributed by atoms with Crippen LogP contribution in [0.2, 0.25) is 0 Å². The molecule has 2 N–H and O–H groups in total. The predicted molar refractivity (Wildman–Crippen MR) is 51.8 cm³/mol. The third-order valence-electron chi connectivity index (χ3n) is 2.30. The van der Waals surface area contributed by atoms with Crippen LogP contribution in [0.15, 0.2) is 0 Å². The Morgan fingerprint density at radius 2 is 2.00 bits per heavy atom. The van der Waals surface area contributed by atoms with Gasteiger partial charge in [0.2, 0.25) is 0 Å². The predicted octanol–water partition coefficient (Wildman–Crippen LogP) is 1.15. The molecule has 1 unspecified atom stereocenters. The Hall–Kier alpha value is -0.520. The Morgan fingerprint density at radius 1 is 1.50 bits per heavy atom. The van der Waals surface area contributed by atoms with Gasteiger partial charge in [-0.3, -0.25) is 0 Å². The van der Waals surface area contributed by atoms with Gasteiger partial charge >= 0.3 is 0 Å². The molecule has 1 atom stereocenters. The molecule has 0 aliphatic carbocycles. The third kappa shape index (κ3) is 3.75. The first-order valence-electron chi connectivity index (χ1n) is 4.50. The molecule has 0 aromatic heterocycles. The standard InChI is InChI=1S/C10H19NO/c1-5-9(4)11-8-10(12,6-2)7-3/h1,9,11-12H,6-8H2,2-4H3. The molecule has 0 aliphatic rings. The molecule has 0 saturated carbocycles. The minimum absolute atomic E-state index is 0.0367. The van der Waals surface area contributed by atoms with E-state index >= 15 is 0 Å². The summed E-state index contributed by atoms with van der Waals surface area (Å²) in [7, 11) is 0. The maximum absolute atomic E-state index is 9.84. The quantitative estimate of drug-likeness (QED) is 0.605. The fraction of sp³-hybridized carbons (Fsp3) is 0.800. The summed E-state index contributed by atoms with van der Waals surface area (Å²) in [4.78, 5) is 0. The smallest absolute Gasteiger partial charge is 0.0766 e. The van der Waals surface area contributed by atoms with Gasteiger partial charge < -0.3 is 10.4 Å². The molecule has 0 bridgehead atoms. The van der Waals surface area contributed by atoms with Gasteiger partial charge in [0.15, 0.2) is 0 Å². The Labute approximate surface area is 75.4 Å². The van der Waals surface area contributed by atoms with Gasteiger partial charge in [-0.2, -0.15) is 0 Å². The van der Waals surface area contributed by atoms with Crippen molar-refractivity contribution in [1.82, 2.24) is 5.32 Å². The first kappa shape index (κ1) is 11.5. The molecule has 12 heavy (non-hydrogen) atoms. The Morgan fingerprint density at radius 3 is 2.33 bits per heavy atom. The van der Waals surface area contributed by atoms with Gasteiger partial charge in [0, 0.05) is 6.54 Å². The minimum Gasteiger partial charge on any atom is -0.389 e. The molecule has 0 fully saturated rings. The zero-order valence-corrected chi connectivity index (χ0v) is 8.22. The summed E-state index contributed by atoms with van der Waals surface area (Å²) in [5.41, 5.74) is -0.592. The lowest BCUT2D eigenvalue weighted by Crippen LogP contribution is -2.42. The molecular formula is C10H19NO. The monoisotopic (exact) mass is 169 g/mol. The van der Waals surface area contributed by atoms with E-state index in [1.54, 1.807) is 0 Å². The Bertz CT molecular complexity index is 156. The zero-order chi connectivity index (χ0) is 9.61. The molecule has 0 heterocycles. The normalized spacial score (nSPS) is 13.9. The summed E-state index contributed by atoms with van der Waals surface area (Å²) in [5, 5.41) is 12.9. The van der Waals surface area contributed by atoms with E-state index in [-0.39, 0.29) is 6.04 Å². The Balaban J connectivity index is 3.82. The van der Waals surface area contributed by atoms with Crippen LogP contribution in [0.3, 0.4) is 0 Å². The number of hydrogen-bond acceptors (Lipinski definition) is 2. The van der Waals surface area contributed by atoms with Gasteiger partial charge in [0.05, 0.1) is 11.6 Å². The van der Waals surface area contributed by atoms with Gasteiger partial charge in [-0.05, 0) is 19.8 Å². The molecular weight excluding hydrogens is 150 g/mol. The average Bonchev–Trinajstić information content (AvgIpc) is 2.13. The van der Waals surface area contributed by atoms with E-state index in [0.717, 1.165) is 12.8 Å². The lowest BCUT2D eigenvalue weighted by molar-refractivity contribution is 0.0317. The number of rotatable bonds is 5. The van der Waals surface area contributed by atoms with Crippen LogP contribution in [-0.2, 0) is 0 Å². The Kier molecular flexibility index (Phi) is 4.96. The van der Waals surface area contributed by atoms with Crippen molar-refractivity contribution in [3.8, 4) is 12.3 Å². The first-order chi connectivity index (χ1) is 5.58. The second kappa shape index (κ2) is 5.18. The lowest BCUT2D eigenvalue weighted by Gasteiger charge is -2.26. The van der Waals surface area contributed by atoms with Crippen LogP contribution in [0.1, 0.15) is 33.6 Å². The molecule has 0 aromatic rings. The number of hydrogen-bond donors (Lipinski definition) is 2. The highest BCUT2D eigenvalue weighted by Gasteiger charge is 2.21. The summed E-state index contributed by atoms with van der Waals surface area (Å²) < 4.78 is 0. The van der Waals surface area contributed by atoms with Crippen LogP contribution in [0.5, 0.6) is 0 Å². The van der Waals surface area contributed by atoms with Crippen LogP contribution in [0, 0.1) is 12.3 Å². The fourth-order valence-corrected chi connectivity index (χ4v) is 0.902. The van der Waals surface area contributed by atoms with Gasteiger partial charge in [-0.1, -0.05) is 19.8 Å². The molecule has 0 aliphatic heterocycles. The average molecular weight is 169 g/mol. The van der Waals surface area contributed by atoms with Gasteiger partial charge in [-0.25, -0.2) is 0 Å². The SMILES string of the molecule is C#CC(C)NCC(O)(CC)CC. The summed E-state index contributed by atoms with van der Waals surface area (Å²) in [6.45, 7) is 6.44. The molecule has 2 nitrogen and oxygen atoms in total. The van der Waals surface area contributed by atoms with E-state index in [0.29, 0.717) is 6.54 Å².